The molecule has 8 heteroatoms. The average Bonchev–Trinajstić information content (AvgIpc) is 2.93. The molecule has 1 aromatic heterocycles. The van der Waals surface area contributed by atoms with E-state index in [-0.39, 0.29) is 18.4 Å². The molecule has 2 aromatic carbocycles. The van der Waals surface area contributed by atoms with Crippen molar-refractivity contribution in [3.05, 3.63) is 72.3 Å². The minimum absolute atomic E-state index is 0.0261. The summed E-state index contributed by atoms with van der Waals surface area (Å²) in [5.74, 6) is 1.43. The van der Waals surface area contributed by atoms with Crippen LogP contribution in [0.5, 0.6) is 5.75 Å². The SMILES string of the molecule is CCCN(CC(=O)N1CCN(c2ccc(-c3cccc(OC)c3)nn2)CC1)C(=O)c1ccccc1. The number of carbonyl (C=O) groups excluding carboxylic acids is 2. The summed E-state index contributed by atoms with van der Waals surface area (Å²) < 4.78 is 5.29. The van der Waals surface area contributed by atoms with E-state index in [1.165, 1.54) is 0 Å². The molecule has 2 heterocycles. The van der Waals surface area contributed by atoms with Gasteiger partial charge >= 0.3 is 0 Å². The second-order valence-corrected chi connectivity index (χ2v) is 8.47. The van der Waals surface area contributed by atoms with Gasteiger partial charge in [-0.2, -0.15) is 0 Å². The molecule has 1 fully saturated rings. The molecular formula is C27H31N5O3. The third-order valence-corrected chi connectivity index (χ3v) is 6.10. The first-order valence-corrected chi connectivity index (χ1v) is 11.9. The second-order valence-electron chi connectivity index (χ2n) is 8.47. The normalized spacial score (nSPS) is 13.4. The molecule has 182 valence electrons. The molecule has 0 spiro atoms. The van der Waals surface area contributed by atoms with Gasteiger partial charge in [-0.3, -0.25) is 9.59 Å². The minimum atomic E-state index is -0.106. The van der Waals surface area contributed by atoms with Crippen LogP contribution in [0, 0.1) is 0 Å². The van der Waals surface area contributed by atoms with Crippen molar-refractivity contribution in [3.8, 4) is 17.0 Å². The Hall–Kier alpha value is -3.94. The van der Waals surface area contributed by atoms with E-state index in [1.54, 1.807) is 24.1 Å². The number of anilines is 1. The van der Waals surface area contributed by atoms with Crippen LogP contribution in [0.3, 0.4) is 0 Å². The van der Waals surface area contributed by atoms with E-state index in [0.29, 0.717) is 38.3 Å². The summed E-state index contributed by atoms with van der Waals surface area (Å²) in [5, 5.41) is 8.80. The standard InChI is InChI=1S/C27H31N5O3/c1-3-14-32(27(34)21-8-5-4-6-9-21)20-26(33)31-17-15-30(16-18-31)25-13-12-24(28-29-25)22-10-7-11-23(19-22)35-2/h4-13,19H,3,14-18,20H2,1-2H3. The molecule has 0 radical (unpaired) electrons. The van der Waals surface area contributed by atoms with Gasteiger partial charge < -0.3 is 19.4 Å². The number of carbonyl (C=O) groups is 2. The summed E-state index contributed by atoms with van der Waals surface area (Å²) in [6.45, 7) is 5.15. The Balaban J connectivity index is 1.33. The van der Waals surface area contributed by atoms with Crippen LogP contribution in [0.25, 0.3) is 11.3 Å². The van der Waals surface area contributed by atoms with Crippen LogP contribution >= 0.6 is 0 Å². The number of rotatable bonds is 8. The molecule has 0 atom stereocenters. The number of hydrogen-bond acceptors (Lipinski definition) is 6. The van der Waals surface area contributed by atoms with Gasteiger partial charge in [0.1, 0.15) is 12.3 Å². The van der Waals surface area contributed by atoms with Gasteiger partial charge in [0.25, 0.3) is 5.91 Å². The fourth-order valence-electron chi connectivity index (χ4n) is 4.16. The number of piperazine rings is 1. The van der Waals surface area contributed by atoms with Gasteiger partial charge in [-0.15, -0.1) is 10.2 Å². The smallest absolute Gasteiger partial charge is 0.254 e. The van der Waals surface area contributed by atoms with E-state index in [4.69, 9.17) is 4.74 Å². The molecule has 1 aliphatic heterocycles. The average molecular weight is 474 g/mol. The van der Waals surface area contributed by atoms with E-state index in [2.05, 4.69) is 15.1 Å². The summed E-state index contributed by atoms with van der Waals surface area (Å²) in [6, 6.07) is 20.8. The van der Waals surface area contributed by atoms with Crippen LogP contribution in [-0.2, 0) is 4.79 Å². The van der Waals surface area contributed by atoms with Crippen LogP contribution in [0.2, 0.25) is 0 Å². The van der Waals surface area contributed by atoms with E-state index in [9.17, 15) is 9.59 Å². The molecule has 35 heavy (non-hydrogen) atoms. The largest absolute Gasteiger partial charge is 0.497 e. The molecule has 0 aliphatic carbocycles. The molecule has 1 aliphatic rings. The maximum absolute atomic E-state index is 13.0. The van der Waals surface area contributed by atoms with Crippen LogP contribution in [-0.4, -0.2) is 78.2 Å². The number of benzene rings is 2. The zero-order valence-electron chi connectivity index (χ0n) is 20.3. The highest BCUT2D eigenvalue weighted by Crippen LogP contribution is 2.23. The molecule has 8 nitrogen and oxygen atoms in total. The van der Waals surface area contributed by atoms with Gasteiger partial charge in [-0.1, -0.05) is 37.3 Å². The highest BCUT2D eigenvalue weighted by Gasteiger charge is 2.25. The lowest BCUT2D eigenvalue weighted by molar-refractivity contribution is -0.132. The monoisotopic (exact) mass is 473 g/mol. The fourth-order valence-corrected chi connectivity index (χ4v) is 4.16. The lowest BCUT2D eigenvalue weighted by Gasteiger charge is -2.36. The van der Waals surface area contributed by atoms with E-state index < -0.39 is 0 Å². The van der Waals surface area contributed by atoms with Crippen LogP contribution in [0.4, 0.5) is 5.82 Å². The quantitative estimate of drug-likeness (QED) is 0.499. The zero-order valence-corrected chi connectivity index (χ0v) is 20.3. The van der Waals surface area contributed by atoms with E-state index in [0.717, 1.165) is 29.2 Å². The van der Waals surface area contributed by atoms with Crippen molar-refractivity contribution in [2.75, 3.05) is 51.3 Å². The Morgan fingerprint density at radius 1 is 0.943 bits per heavy atom. The molecule has 4 rings (SSSR count). The summed E-state index contributed by atoms with van der Waals surface area (Å²) in [6.07, 6.45) is 0.796. The summed E-state index contributed by atoms with van der Waals surface area (Å²) >= 11 is 0. The van der Waals surface area contributed by atoms with Crippen LogP contribution in [0.15, 0.2) is 66.7 Å². The predicted molar refractivity (Wildman–Crippen MR) is 135 cm³/mol. The van der Waals surface area contributed by atoms with E-state index >= 15 is 0 Å². The fraction of sp³-hybridized carbons (Fsp3) is 0.333. The van der Waals surface area contributed by atoms with Gasteiger partial charge in [-0.25, -0.2) is 0 Å². The first-order valence-electron chi connectivity index (χ1n) is 11.9. The number of hydrogen-bond donors (Lipinski definition) is 0. The number of amides is 2. The second kappa shape index (κ2) is 11.5. The van der Waals surface area contributed by atoms with Gasteiger partial charge in [0.15, 0.2) is 5.82 Å². The number of ether oxygens (including phenoxy) is 1. The van der Waals surface area contributed by atoms with Crippen LogP contribution in [0.1, 0.15) is 23.7 Å². The third-order valence-electron chi connectivity index (χ3n) is 6.10. The Kier molecular flexibility index (Phi) is 7.92. The number of aromatic nitrogens is 2. The van der Waals surface area contributed by atoms with Crippen molar-refractivity contribution < 1.29 is 14.3 Å². The topological polar surface area (TPSA) is 78.9 Å². The molecule has 0 bridgehead atoms. The van der Waals surface area contributed by atoms with Crippen molar-refractivity contribution in [2.24, 2.45) is 0 Å². The number of methoxy groups -OCH3 is 1. The minimum Gasteiger partial charge on any atom is -0.497 e. The molecule has 2 amide bonds. The first-order chi connectivity index (χ1) is 17.1. The third kappa shape index (κ3) is 5.95. The van der Waals surface area contributed by atoms with Gasteiger partial charge in [-0.05, 0) is 42.8 Å². The Labute approximate surface area is 206 Å². The first kappa shape index (κ1) is 24.2. The van der Waals surface area contributed by atoms with E-state index in [1.807, 2.05) is 66.4 Å². The lowest BCUT2D eigenvalue weighted by atomic mass is 10.1. The van der Waals surface area contributed by atoms with Crippen molar-refractivity contribution in [3.63, 3.8) is 0 Å². The zero-order chi connectivity index (χ0) is 24.6. The molecule has 1 saturated heterocycles. The molecular weight excluding hydrogens is 442 g/mol. The predicted octanol–water partition coefficient (Wildman–Crippen LogP) is 3.35. The summed E-state index contributed by atoms with van der Waals surface area (Å²) in [5.41, 5.74) is 2.33. The maximum Gasteiger partial charge on any atom is 0.254 e. The highest BCUT2D eigenvalue weighted by atomic mass is 16.5. The Bertz CT molecular complexity index is 1130. The number of nitrogens with zero attached hydrogens (tertiary/aromatic N) is 5. The van der Waals surface area contributed by atoms with Crippen molar-refractivity contribution in [1.82, 2.24) is 20.0 Å². The van der Waals surface area contributed by atoms with Crippen molar-refractivity contribution in [2.45, 2.75) is 13.3 Å². The van der Waals surface area contributed by atoms with Crippen molar-refractivity contribution in [1.29, 1.82) is 0 Å². The van der Waals surface area contributed by atoms with Gasteiger partial charge in [0, 0.05) is 43.9 Å². The summed E-state index contributed by atoms with van der Waals surface area (Å²) in [7, 11) is 1.64. The maximum atomic E-state index is 13.0. The molecule has 0 saturated carbocycles. The lowest BCUT2D eigenvalue weighted by Crippen LogP contribution is -2.52. The molecule has 3 aromatic rings. The molecule has 0 N–H and O–H groups in total. The molecule has 0 unspecified atom stereocenters. The summed E-state index contributed by atoms with van der Waals surface area (Å²) in [4.78, 5) is 31.5. The van der Waals surface area contributed by atoms with Gasteiger partial charge in [0.05, 0.1) is 12.8 Å². The van der Waals surface area contributed by atoms with Crippen LogP contribution < -0.4 is 9.64 Å². The highest BCUT2D eigenvalue weighted by molar-refractivity contribution is 5.96. The van der Waals surface area contributed by atoms with Gasteiger partial charge in [0.2, 0.25) is 5.91 Å². The Morgan fingerprint density at radius 3 is 2.37 bits per heavy atom. The van der Waals surface area contributed by atoms with Crippen molar-refractivity contribution >= 4 is 17.6 Å². The Morgan fingerprint density at radius 2 is 1.71 bits per heavy atom.